The van der Waals surface area contributed by atoms with Crippen LogP contribution in [0.4, 0.5) is 4.39 Å². The molecule has 0 bridgehead atoms. The molecule has 0 heterocycles. The van der Waals surface area contributed by atoms with Crippen molar-refractivity contribution in [3.8, 4) is 11.8 Å². The highest BCUT2D eigenvalue weighted by Crippen LogP contribution is 2.36. The number of aromatic hydroxyl groups is 1. The second-order valence-electron chi connectivity index (χ2n) is 4.63. The van der Waals surface area contributed by atoms with Crippen LogP contribution in [0.25, 0.3) is 0 Å². The number of aliphatic hydroxyl groups excluding tert-OH is 1. The van der Waals surface area contributed by atoms with Gasteiger partial charge in [0.15, 0.2) is 11.6 Å². The lowest BCUT2D eigenvalue weighted by Gasteiger charge is -2.30. The highest BCUT2D eigenvalue weighted by Gasteiger charge is 2.30. The molecule has 0 saturated carbocycles. The van der Waals surface area contributed by atoms with Crippen LogP contribution >= 0.6 is 12.4 Å². The molecule has 4 nitrogen and oxygen atoms in total. The number of phenolic OH excluding ortho intramolecular Hbond substituents is 1. The smallest absolute Gasteiger partial charge is 0.166 e. The van der Waals surface area contributed by atoms with Crippen molar-refractivity contribution in [1.82, 2.24) is 0 Å². The average Bonchev–Trinajstić information content (AvgIpc) is 2.31. The van der Waals surface area contributed by atoms with Crippen molar-refractivity contribution >= 4 is 12.4 Å². The van der Waals surface area contributed by atoms with Gasteiger partial charge < -0.3 is 15.9 Å². The highest BCUT2D eigenvalue weighted by atomic mass is 35.5. The summed E-state index contributed by atoms with van der Waals surface area (Å²) in [5.74, 6) is -1.46. The van der Waals surface area contributed by atoms with E-state index < -0.39 is 23.0 Å². The first-order chi connectivity index (χ1) is 7.83. The van der Waals surface area contributed by atoms with Crippen LogP contribution in [0.15, 0.2) is 12.1 Å². The standard InChI is InChI=1S/C12H15FN2O2.ClH/c1-12(2,6-16)11(15)8-3-7(5-14)4-9(13)10(8)17;/h3-4,11,16-17H,6,15H2,1-2H3;1H/t11-;/m1./s1. The van der Waals surface area contributed by atoms with Gasteiger partial charge in [-0.2, -0.15) is 5.26 Å². The number of hydrogen-bond donors (Lipinski definition) is 3. The van der Waals surface area contributed by atoms with Crippen LogP contribution in [0.1, 0.15) is 31.0 Å². The lowest BCUT2D eigenvalue weighted by Crippen LogP contribution is -2.32. The van der Waals surface area contributed by atoms with Crippen molar-refractivity contribution in [2.24, 2.45) is 11.1 Å². The number of hydrogen-bond acceptors (Lipinski definition) is 4. The van der Waals surface area contributed by atoms with E-state index in [2.05, 4.69) is 0 Å². The van der Waals surface area contributed by atoms with E-state index in [-0.39, 0.29) is 30.1 Å². The molecule has 0 aromatic heterocycles. The predicted molar refractivity (Wildman–Crippen MR) is 67.8 cm³/mol. The summed E-state index contributed by atoms with van der Waals surface area (Å²) < 4.78 is 13.4. The summed E-state index contributed by atoms with van der Waals surface area (Å²) in [7, 11) is 0. The topological polar surface area (TPSA) is 90.3 Å². The summed E-state index contributed by atoms with van der Waals surface area (Å²) in [4.78, 5) is 0. The zero-order valence-electron chi connectivity index (χ0n) is 10.1. The van der Waals surface area contributed by atoms with Gasteiger partial charge >= 0.3 is 0 Å². The molecular formula is C12H16ClFN2O2. The second kappa shape index (κ2) is 6.01. The third-order valence-corrected chi connectivity index (χ3v) is 2.81. The molecule has 0 unspecified atom stereocenters. The van der Waals surface area contributed by atoms with Crippen molar-refractivity contribution in [3.05, 3.63) is 29.1 Å². The third-order valence-electron chi connectivity index (χ3n) is 2.81. The quantitative estimate of drug-likeness (QED) is 0.784. The highest BCUT2D eigenvalue weighted by molar-refractivity contribution is 5.85. The van der Waals surface area contributed by atoms with Gasteiger partial charge in [0.2, 0.25) is 0 Å². The third kappa shape index (κ3) is 3.10. The molecular weight excluding hydrogens is 259 g/mol. The summed E-state index contributed by atoms with van der Waals surface area (Å²) in [5.41, 5.74) is 5.36. The molecule has 6 heteroatoms. The first-order valence-corrected chi connectivity index (χ1v) is 5.12. The average molecular weight is 275 g/mol. The fourth-order valence-corrected chi connectivity index (χ4v) is 1.44. The Morgan fingerprint density at radius 3 is 2.50 bits per heavy atom. The lowest BCUT2D eigenvalue weighted by molar-refractivity contribution is 0.131. The van der Waals surface area contributed by atoms with Crippen molar-refractivity contribution in [2.75, 3.05) is 6.61 Å². The number of rotatable bonds is 3. The van der Waals surface area contributed by atoms with Crippen molar-refractivity contribution in [3.63, 3.8) is 0 Å². The largest absolute Gasteiger partial charge is 0.505 e. The van der Waals surface area contributed by atoms with Crippen LogP contribution in [0.5, 0.6) is 5.75 Å². The molecule has 0 amide bonds. The van der Waals surface area contributed by atoms with Crippen LogP contribution < -0.4 is 5.73 Å². The van der Waals surface area contributed by atoms with Gasteiger partial charge in [-0.05, 0) is 12.1 Å². The summed E-state index contributed by atoms with van der Waals surface area (Å²) >= 11 is 0. The molecule has 0 saturated heterocycles. The van der Waals surface area contributed by atoms with Gasteiger partial charge in [0.05, 0.1) is 11.6 Å². The molecule has 100 valence electrons. The maximum atomic E-state index is 13.4. The fourth-order valence-electron chi connectivity index (χ4n) is 1.44. The van der Waals surface area contributed by atoms with Crippen molar-refractivity contribution in [2.45, 2.75) is 19.9 Å². The Kier molecular flexibility index (Phi) is 5.55. The Hall–Kier alpha value is -1.35. The molecule has 1 rings (SSSR count). The minimum Gasteiger partial charge on any atom is -0.505 e. The Morgan fingerprint density at radius 1 is 1.50 bits per heavy atom. The van der Waals surface area contributed by atoms with E-state index in [0.717, 1.165) is 6.07 Å². The number of phenols is 1. The minimum absolute atomic E-state index is 0. The predicted octanol–water partition coefficient (Wildman–Crippen LogP) is 1.84. The maximum absolute atomic E-state index is 13.4. The monoisotopic (exact) mass is 274 g/mol. The summed E-state index contributed by atoms with van der Waals surface area (Å²) in [6, 6.07) is 3.30. The normalized spacial score (nSPS) is 12.4. The van der Waals surface area contributed by atoms with Crippen LogP contribution in [0, 0.1) is 22.6 Å². The Labute approximate surface area is 111 Å². The van der Waals surface area contributed by atoms with E-state index >= 15 is 0 Å². The molecule has 4 N–H and O–H groups in total. The van der Waals surface area contributed by atoms with E-state index in [1.54, 1.807) is 19.9 Å². The van der Waals surface area contributed by atoms with Gasteiger partial charge in [-0.3, -0.25) is 0 Å². The van der Waals surface area contributed by atoms with Crippen LogP contribution in [-0.2, 0) is 0 Å². The second-order valence-corrected chi connectivity index (χ2v) is 4.63. The molecule has 0 spiro atoms. The van der Waals surface area contributed by atoms with Gasteiger partial charge in [-0.15, -0.1) is 12.4 Å². The minimum atomic E-state index is -0.886. The van der Waals surface area contributed by atoms with Crippen LogP contribution in [-0.4, -0.2) is 16.8 Å². The van der Waals surface area contributed by atoms with Gasteiger partial charge in [0.1, 0.15) is 0 Å². The Balaban J connectivity index is 0.00000289. The van der Waals surface area contributed by atoms with E-state index in [1.165, 1.54) is 6.07 Å². The molecule has 1 aromatic carbocycles. The van der Waals surface area contributed by atoms with E-state index in [0.29, 0.717) is 0 Å². The van der Waals surface area contributed by atoms with Crippen LogP contribution in [0.2, 0.25) is 0 Å². The molecule has 1 aromatic rings. The lowest BCUT2D eigenvalue weighted by atomic mass is 9.81. The van der Waals surface area contributed by atoms with Gasteiger partial charge in [0, 0.05) is 23.6 Å². The van der Waals surface area contributed by atoms with Gasteiger partial charge in [-0.1, -0.05) is 13.8 Å². The molecule has 0 aliphatic carbocycles. The molecule has 0 aliphatic rings. The fraction of sp³-hybridized carbons (Fsp3) is 0.417. The molecule has 0 fully saturated rings. The first kappa shape index (κ1) is 16.6. The SMILES string of the molecule is CC(C)(CO)[C@H](N)c1cc(C#N)cc(F)c1O.Cl. The summed E-state index contributed by atoms with van der Waals surface area (Å²) in [6.45, 7) is 3.16. The number of aliphatic hydroxyl groups is 1. The number of nitrogens with zero attached hydrogens (tertiary/aromatic N) is 1. The molecule has 0 aliphatic heterocycles. The summed E-state index contributed by atoms with van der Waals surface area (Å²) in [6.07, 6.45) is 0. The summed E-state index contributed by atoms with van der Waals surface area (Å²) in [5, 5.41) is 27.5. The van der Waals surface area contributed by atoms with Gasteiger partial charge in [-0.25, -0.2) is 4.39 Å². The van der Waals surface area contributed by atoms with E-state index in [9.17, 15) is 14.6 Å². The van der Waals surface area contributed by atoms with Gasteiger partial charge in [0.25, 0.3) is 0 Å². The number of nitriles is 1. The van der Waals surface area contributed by atoms with Crippen LogP contribution in [0.3, 0.4) is 0 Å². The number of nitrogens with two attached hydrogens (primary N) is 1. The number of benzene rings is 1. The Morgan fingerprint density at radius 2 is 2.06 bits per heavy atom. The van der Waals surface area contributed by atoms with E-state index in [4.69, 9.17) is 11.0 Å². The molecule has 18 heavy (non-hydrogen) atoms. The zero-order valence-corrected chi connectivity index (χ0v) is 11.0. The maximum Gasteiger partial charge on any atom is 0.166 e. The molecule has 1 atom stereocenters. The Bertz CT molecular complexity index is 472. The first-order valence-electron chi connectivity index (χ1n) is 5.12. The van der Waals surface area contributed by atoms with E-state index in [1.807, 2.05) is 0 Å². The van der Waals surface area contributed by atoms with Crippen molar-refractivity contribution < 1.29 is 14.6 Å². The zero-order chi connectivity index (χ0) is 13.2. The van der Waals surface area contributed by atoms with Crippen molar-refractivity contribution in [1.29, 1.82) is 5.26 Å². The number of halogens is 2. The molecule has 0 radical (unpaired) electrons.